The molecule has 3 nitrogen and oxygen atoms in total. The lowest BCUT2D eigenvalue weighted by molar-refractivity contribution is 0.0506. The minimum atomic E-state index is -0.117. The molecule has 1 saturated carbocycles. The van der Waals surface area contributed by atoms with Crippen molar-refractivity contribution in [2.45, 2.75) is 62.9 Å². The molecule has 2 aromatic carbocycles. The molecule has 2 aromatic rings. The summed E-state index contributed by atoms with van der Waals surface area (Å²) in [5.41, 5.74) is 6.69. The highest BCUT2D eigenvalue weighted by molar-refractivity contribution is 5.79. The van der Waals surface area contributed by atoms with Crippen molar-refractivity contribution in [1.82, 2.24) is 4.90 Å². The van der Waals surface area contributed by atoms with Gasteiger partial charge in [0, 0.05) is 12.0 Å². The Kier molecular flexibility index (Phi) is 4.44. The van der Waals surface area contributed by atoms with Crippen LogP contribution in [-0.2, 0) is 4.74 Å². The number of piperidine rings is 1. The Hall–Kier alpha value is -2.55. The van der Waals surface area contributed by atoms with Gasteiger partial charge in [-0.2, -0.15) is 0 Å². The molecule has 2 bridgehead atoms. The Bertz CT molecular complexity index is 960. The molecule has 4 aliphatic rings. The fraction of sp³-hybridized carbons (Fsp3) is 0.444. The Balaban J connectivity index is 1.19. The van der Waals surface area contributed by atoms with Gasteiger partial charge in [-0.3, -0.25) is 4.90 Å². The summed E-state index contributed by atoms with van der Waals surface area (Å²) in [5.74, 6) is 1.05. The van der Waals surface area contributed by atoms with Crippen LogP contribution in [0.4, 0.5) is 4.79 Å². The Morgan fingerprint density at radius 2 is 1.63 bits per heavy atom. The van der Waals surface area contributed by atoms with E-state index in [-0.39, 0.29) is 18.1 Å². The van der Waals surface area contributed by atoms with Crippen LogP contribution in [-0.4, -0.2) is 29.7 Å². The molecular formula is C27H29NO2. The highest BCUT2D eigenvalue weighted by Gasteiger charge is 2.39. The fourth-order valence-electron chi connectivity index (χ4n) is 5.92. The van der Waals surface area contributed by atoms with Crippen LogP contribution in [0.5, 0.6) is 0 Å². The molecule has 30 heavy (non-hydrogen) atoms. The molecule has 1 amide bonds. The Labute approximate surface area is 178 Å². The average Bonchev–Trinajstić information content (AvgIpc) is 3.52. The van der Waals surface area contributed by atoms with E-state index in [9.17, 15) is 4.79 Å². The number of amides is 1. The molecule has 0 spiro atoms. The van der Waals surface area contributed by atoms with Gasteiger partial charge in [0.1, 0.15) is 6.61 Å². The molecule has 3 heteroatoms. The molecule has 154 valence electrons. The molecule has 0 N–H and O–H groups in total. The summed E-state index contributed by atoms with van der Waals surface area (Å²) in [6.45, 7) is 0.418. The van der Waals surface area contributed by atoms with E-state index in [1.165, 1.54) is 47.9 Å². The van der Waals surface area contributed by atoms with Crippen molar-refractivity contribution in [2.24, 2.45) is 5.92 Å². The normalized spacial score (nSPS) is 24.8. The first kappa shape index (κ1) is 18.2. The molecule has 0 radical (unpaired) electrons. The maximum Gasteiger partial charge on any atom is 0.410 e. The van der Waals surface area contributed by atoms with Crippen LogP contribution >= 0.6 is 0 Å². The summed E-state index contributed by atoms with van der Waals surface area (Å²) in [5, 5.41) is 0. The predicted octanol–water partition coefficient (Wildman–Crippen LogP) is 6.29. The summed E-state index contributed by atoms with van der Waals surface area (Å²) in [7, 11) is 0. The second kappa shape index (κ2) is 7.30. The molecule has 2 atom stereocenters. The topological polar surface area (TPSA) is 29.5 Å². The Morgan fingerprint density at radius 3 is 2.30 bits per heavy atom. The minimum Gasteiger partial charge on any atom is -0.448 e. The number of fused-ring (bicyclic) bond motifs is 5. The molecule has 2 aliphatic carbocycles. The second-order valence-corrected chi connectivity index (χ2v) is 9.54. The van der Waals surface area contributed by atoms with Gasteiger partial charge in [-0.15, -0.1) is 0 Å². The van der Waals surface area contributed by atoms with Crippen molar-refractivity contribution in [3.63, 3.8) is 0 Å². The molecule has 0 aromatic heterocycles. The number of ether oxygens (including phenoxy) is 1. The van der Waals surface area contributed by atoms with E-state index in [1.54, 1.807) is 5.57 Å². The zero-order valence-electron chi connectivity index (χ0n) is 17.4. The maximum atomic E-state index is 13.2. The standard InChI is InChI=1S/C27H29NO2/c29-27(28-20-6-5-7-21(28)16-19(15-20)14-18-12-13-18)30-17-26-24-10-3-1-8-22(24)23-9-2-4-11-25(23)26/h1-4,8-11,15,18,20-21,26H,5-7,12-14,16-17H2. The first-order valence-corrected chi connectivity index (χ1v) is 11.6. The van der Waals surface area contributed by atoms with Crippen molar-refractivity contribution in [3.05, 3.63) is 71.3 Å². The summed E-state index contributed by atoms with van der Waals surface area (Å²) in [6.07, 6.45) is 10.8. The monoisotopic (exact) mass is 399 g/mol. The SMILES string of the molecule is O=C(OCC1c2ccccc2-c2ccccc21)N1C2C=C(CC3CC3)CC1CCC2. The number of rotatable bonds is 4. The van der Waals surface area contributed by atoms with Gasteiger partial charge in [-0.05, 0) is 73.1 Å². The zero-order chi connectivity index (χ0) is 20.1. The fourth-order valence-corrected chi connectivity index (χ4v) is 5.92. The smallest absolute Gasteiger partial charge is 0.410 e. The quantitative estimate of drug-likeness (QED) is 0.566. The third kappa shape index (κ3) is 3.15. The molecule has 2 aliphatic heterocycles. The van der Waals surface area contributed by atoms with E-state index in [1.807, 2.05) is 0 Å². The van der Waals surface area contributed by atoms with Crippen LogP contribution < -0.4 is 0 Å². The molecular weight excluding hydrogens is 370 g/mol. The maximum absolute atomic E-state index is 13.2. The first-order valence-electron chi connectivity index (χ1n) is 11.6. The molecule has 2 unspecified atom stereocenters. The Morgan fingerprint density at radius 1 is 0.933 bits per heavy atom. The van der Waals surface area contributed by atoms with Crippen molar-refractivity contribution in [1.29, 1.82) is 0 Å². The number of nitrogens with zero attached hydrogens (tertiary/aromatic N) is 1. The van der Waals surface area contributed by atoms with Crippen LogP contribution in [0.25, 0.3) is 11.1 Å². The second-order valence-electron chi connectivity index (χ2n) is 9.54. The number of carbonyl (C=O) groups is 1. The van der Waals surface area contributed by atoms with Crippen molar-refractivity contribution >= 4 is 6.09 Å². The van der Waals surface area contributed by atoms with Gasteiger partial charge < -0.3 is 4.74 Å². The number of hydrogen-bond donors (Lipinski definition) is 0. The van der Waals surface area contributed by atoms with Crippen LogP contribution in [0.15, 0.2) is 60.2 Å². The molecule has 2 heterocycles. The van der Waals surface area contributed by atoms with E-state index in [0.29, 0.717) is 12.6 Å². The summed E-state index contributed by atoms with van der Waals surface area (Å²) < 4.78 is 6.00. The number of carbonyl (C=O) groups excluding carboxylic acids is 1. The summed E-state index contributed by atoms with van der Waals surface area (Å²) in [4.78, 5) is 15.3. The third-order valence-corrected chi connectivity index (χ3v) is 7.51. The van der Waals surface area contributed by atoms with Crippen molar-refractivity contribution in [2.75, 3.05) is 6.61 Å². The van der Waals surface area contributed by atoms with Gasteiger partial charge in [0.15, 0.2) is 0 Å². The van der Waals surface area contributed by atoms with Gasteiger partial charge in [0.05, 0.1) is 6.04 Å². The van der Waals surface area contributed by atoms with E-state index in [4.69, 9.17) is 4.74 Å². The van der Waals surface area contributed by atoms with Gasteiger partial charge in [0.25, 0.3) is 0 Å². The van der Waals surface area contributed by atoms with E-state index < -0.39 is 0 Å². The van der Waals surface area contributed by atoms with Crippen molar-refractivity contribution < 1.29 is 9.53 Å². The first-order chi connectivity index (χ1) is 14.8. The minimum absolute atomic E-state index is 0.117. The van der Waals surface area contributed by atoms with E-state index in [2.05, 4.69) is 59.5 Å². The molecule has 2 fully saturated rings. The largest absolute Gasteiger partial charge is 0.448 e. The lowest BCUT2D eigenvalue weighted by Crippen LogP contribution is -2.52. The summed E-state index contributed by atoms with van der Waals surface area (Å²) >= 11 is 0. The predicted molar refractivity (Wildman–Crippen MR) is 118 cm³/mol. The lowest BCUT2D eigenvalue weighted by Gasteiger charge is -2.44. The van der Waals surface area contributed by atoms with Gasteiger partial charge >= 0.3 is 6.09 Å². The van der Waals surface area contributed by atoms with Gasteiger partial charge in [0.2, 0.25) is 0 Å². The lowest BCUT2D eigenvalue weighted by atomic mass is 9.84. The van der Waals surface area contributed by atoms with Crippen LogP contribution in [0.2, 0.25) is 0 Å². The van der Waals surface area contributed by atoms with Gasteiger partial charge in [-0.25, -0.2) is 4.79 Å². The van der Waals surface area contributed by atoms with E-state index in [0.717, 1.165) is 25.2 Å². The van der Waals surface area contributed by atoms with Crippen molar-refractivity contribution in [3.8, 4) is 11.1 Å². The third-order valence-electron chi connectivity index (χ3n) is 7.51. The van der Waals surface area contributed by atoms with Gasteiger partial charge in [-0.1, -0.05) is 60.2 Å². The van der Waals surface area contributed by atoms with Crippen LogP contribution in [0.3, 0.4) is 0 Å². The highest BCUT2D eigenvalue weighted by Crippen LogP contribution is 2.45. The number of benzene rings is 2. The highest BCUT2D eigenvalue weighted by atomic mass is 16.6. The molecule has 6 rings (SSSR count). The van der Waals surface area contributed by atoms with Crippen LogP contribution in [0.1, 0.15) is 62.0 Å². The van der Waals surface area contributed by atoms with Crippen LogP contribution in [0, 0.1) is 5.92 Å². The summed E-state index contributed by atoms with van der Waals surface area (Å²) in [6, 6.07) is 17.6. The number of hydrogen-bond acceptors (Lipinski definition) is 2. The molecule has 1 saturated heterocycles. The average molecular weight is 400 g/mol. The van der Waals surface area contributed by atoms with E-state index >= 15 is 0 Å². The zero-order valence-corrected chi connectivity index (χ0v) is 17.4.